The molecule has 0 spiro atoms. The second kappa shape index (κ2) is 5.40. The molecular formula is C14H23N3O. The van der Waals surface area contributed by atoms with E-state index < -0.39 is 0 Å². The van der Waals surface area contributed by atoms with Gasteiger partial charge in [-0.2, -0.15) is 0 Å². The number of nitrogen functional groups attached to an aromatic ring is 1. The van der Waals surface area contributed by atoms with E-state index in [4.69, 9.17) is 15.9 Å². The summed E-state index contributed by atoms with van der Waals surface area (Å²) in [5, 5.41) is 7.43. The third-order valence-corrected chi connectivity index (χ3v) is 3.29. The quantitative estimate of drug-likeness (QED) is 0.619. The van der Waals surface area contributed by atoms with Crippen LogP contribution >= 0.6 is 0 Å². The Morgan fingerprint density at radius 3 is 2.44 bits per heavy atom. The van der Waals surface area contributed by atoms with Crippen molar-refractivity contribution in [3.8, 4) is 5.75 Å². The Labute approximate surface area is 109 Å². The third kappa shape index (κ3) is 3.47. The highest BCUT2D eigenvalue weighted by molar-refractivity contribution is 5.96. The number of nitrogens with zero attached hydrogens (tertiary/aromatic N) is 1. The molecule has 0 aromatic heterocycles. The number of amidine groups is 1. The van der Waals surface area contributed by atoms with Gasteiger partial charge in [-0.1, -0.05) is 0 Å². The van der Waals surface area contributed by atoms with Crippen molar-refractivity contribution in [1.82, 2.24) is 4.90 Å². The molecule has 0 fully saturated rings. The van der Waals surface area contributed by atoms with Gasteiger partial charge in [0.05, 0.1) is 0 Å². The Balaban J connectivity index is 2.76. The first-order valence-corrected chi connectivity index (χ1v) is 5.99. The van der Waals surface area contributed by atoms with Crippen molar-refractivity contribution in [1.29, 1.82) is 5.41 Å². The average molecular weight is 249 g/mol. The molecule has 1 aromatic carbocycles. The molecule has 18 heavy (non-hydrogen) atoms. The summed E-state index contributed by atoms with van der Waals surface area (Å²) >= 11 is 0. The van der Waals surface area contributed by atoms with E-state index in [2.05, 4.69) is 18.7 Å². The summed E-state index contributed by atoms with van der Waals surface area (Å²) in [6, 6.07) is 5.60. The lowest BCUT2D eigenvalue weighted by Crippen LogP contribution is -2.43. The fraction of sp³-hybridized carbons (Fsp3) is 0.500. The molecular weight excluding hydrogens is 226 g/mol. The SMILES string of the molecule is Cc1cc(OCC(C)(C)N(C)C)ccc1C(=N)N. The van der Waals surface area contributed by atoms with Gasteiger partial charge in [0.1, 0.15) is 18.2 Å². The maximum Gasteiger partial charge on any atom is 0.123 e. The minimum absolute atomic E-state index is 0.0207. The van der Waals surface area contributed by atoms with Crippen molar-refractivity contribution >= 4 is 5.84 Å². The van der Waals surface area contributed by atoms with Gasteiger partial charge in [0.25, 0.3) is 0 Å². The van der Waals surface area contributed by atoms with Crippen molar-refractivity contribution in [3.63, 3.8) is 0 Å². The maximum absolute atomic E-state index is 7.43. The molecule has 0 aliphatic rings. The first kappa shape index (κ1) is 14.5. The molecule has 0 heterocycles. The fourth-order valence-corrected chi connectivity index (χ4v) is 1.42. The van der Waals surface area contributed by atoms with E-state index in [0.29, 0.717) is 6.61 Å². The molecule has 1 aromatic rings. The topological polar surface area (TPSA) is 62.3 Å². The molecule has 4 nitrogen and oxygen atoms in total. The predicted octanol–water partition coefficient (Wildman–Crippen LogP) is 2.00. The average Bonchev–Trinajstić information content (AvgIpc) is 2.25. The van der Waals surface area contributed by atoms with Crippen LogP contribution in [0.25, 0.3) is 0 Å². The zero-order valence-corrected chi connectivity index (χ0v) is 11.9. The lowest BCUT2D eigenvalue weighted by Gasteiger charge is -2.32. The summed E-state index contributed by atoms with van der Waals surface area (Å²) in [5.41, 5.74) is 7.18. The van der Waals surface area contributed by atoms with Crippen LogP contribution in [0.1, 0.15) is 25.0 Å². The van der Waals surface area contributed by atoms with E-state index in [1.54, 1.807) is 0 Å². The smallest absolute Gasteiger partial charge is 0.123 e. The molecule has 0 aliphatic carbocycles. The Bertz CT molecular complexity index is 439. The molecule has 0 unspecified atom stereocenters. The van der Waals surface area contributed by atoms with Crippen LogP contribution in [0.5, 0.6) is 5.75 Å². The zero-order chi connectivity index (χ0) is 13.9. The Morgan fingerprint density at radius 1 is 1.39 bits per heavy atom. The number of hydrogen-bond donors (Lipinski definition) is 2. The minimum Gasteiger partial charge on any atom is -0.492 e. The number of hydrogen-bond acceptors (Lipinski definition) is 3. The number of rotatable bonds is 5. The van der Waals surface area contributed by atoms with Crippen LogP contribution in [0, 0.1) is 12.3 Å². The van der Waals surface area contributed by atoms with Crippen LogP contribution < -0.4 is 10.5 Å². The molecule has 0 atom stereocenters. The Morgan fingerprint density at radius 2 is 2.00 bits per heavy atom. The number of benzene rings is 1. The summed E-state index contributed by atoms with van der Waals surface area (Å²) in [6.45, 7) is 6.80. The van der Waals surface area contributed by atoms with Gasteiger partial charge in [-0.05, 0) is 58.6 Å². The lowest BCUT2D eigenvalue weighted by atomic mass is 10.1. The van der Waals surface area contributed by atoms with Gasteiger partial charge in [-0.25, -0.2) is 0 Å². The van der Waals surface area contributed by atoms with Crippen LogP contribution in [0.2, 0.25) is 0 Å². The lowest BCUT2D eigenvalue weighted by molar-refractivity contribution is 0.114. The first-order valence-electron chi connectivity index (χ1n) is 5.99. The van der Waals surface area contributed by atoms with Crippen LogP contribution in [0.15, 0.2) is 18.2 Å². The molecule has 0 radical (unpaired) electrons. The second-order valence-corrected chi connectivity index (χ2v) is 5.39. The van der Waals surface area contributed by atoms with E-state index in [1.807, 2.05) is 39.2 Å². The van der Waals surface area contributed by atoms with Gasteiger partial charge in [-0.15, -0.1) is 0 Å². The molecule has 4 heteroatoms. The monoisotopic (exact) mass is 249 g/mol. The van der Waals surface area contributed by atoms with Crippen molar-refractivity contribution in [3.05, 3.63) is 29.3 Å². The number of nitrogens with one attached hydrogen (secondary N) is 1. The molecule has 100 valence electrons. The normalized spacial score (nSPS) is 11.7. The zero-order valence-electron chi connectivity index (χ0n) is 11.9. The molecule has 0 amide bonds. The third-order valence-electron chi connectivity index (χ3n) is 3.29. The molecule has 1 rings (SSSR count). The van der Waals surface area contributed by atoms with Crippen LogP contribution in [0.3, 0.4) is 0 Å². The van der Waals surface area contributed by atoms with Crippen LogP contribution in [-0.2, 0) is 0 Å². The second-order valence-electron chi connectivity index (χ2n) is 5.39. The predicted molar refractivity (Wildman–Crippen MR) is 75.5 cm³/mol. The number of likely N-dealkylation sites (N-methyl/N-ethyl adjacent to an activating group) is 1. The summed E-state index contributed by atoms with van der Waals surface area (Å²) in [6.07, 6.45) is 0. The van der Waals surface area contributed by atoms with Gasteiger partial charge < -0.3 is 15.4 Å². The summed E-state index contributed by atoms with van der Waals surface area (Å²) in [7, 11) is 4.07. The van der Waals surface area contributed by atoms with Gasteiger partial charge in [0.15, 0.2) is 0 Å². The maximum atomic E-state index is 7.43. The van der Waals surface area contributed by atoms with Gasteiger partial charge in [0, 0.05) is 11.1 Å². The van der Waals surface area contributed by atoms with Crippen molar-refractivity contribution in [2.45, 2.75) is 26.3 Å². The van der Waals surface area contributed by atoms with Crippen molar-refractivity contribution in [2.24, 2.45) is 5.73 Å². The van der Waals surface area contributed by atoms with E-state index in [1.165, 1.54) is 0 Å². The van der Waals surface area contributed by atoms with E-state index in [-0.39, 0.29) is 11.4 Å². The number of nitrogens with two attached hydrogens (primary N) is 1. The molecule has 3 N–H and O–H groups in total. The van der Waals surface area contributed by atoms with Crippen molar-refractivity contribution < 1.29 is 4.74 Å². The molecule has 0 bridgehead atoms. The van der Waals surface area contributed by atoms with E-state index in [0.717, 1.165) is 16.9 Å². The molecule has 0 saturated carbocycles. The number of aryl methyl sites for hydroxylation is 1. The summed E-state index contributed by atoms with van der Waals surface area (Å²) in [4.78, 5) is 2.13. The van der Waals surface area contributed by atoms with Gasteiger partial charge in [0.2, 0.25) is 0 Å². The van der Waals surface area contributed by atoms with Gasteiger partial charge in [-0.3, -0.25) is 5.41 Å². The van der Waals surface area contributed by atoms with Gasteiger partial charge >= 0.3 is 0 Å². The number of ether oxygens (including phenoxy) is 1. The molecule has 0 saturated heterocycles. The highest BCUT2D eigenvalue weighted by Crippen LogP contribution is 2.19. The Hall–Kier alpha value is -1.55. The Kier molecular flexibility index (Phi) is 4.35. The van der Waals surface area contributed by atoms with E-state index >= 15 is 0 Å². The largest absolute Gasteiger partial charge is 0.492 e. The van der Waals surface area contributed by atoms with Crippen LogP contribution in [0.4, 0.5) is 0 Å². The summed E-state index contributed by atoms with van der Waals surface area (Å²) in [5.74, 6) is 0.903. The first-order chi connectivity index (χ1) is 8.24. The minimum atomic E-state index is -0.0207. The standard InChI is InChI=1S/C14H23N3O/c1-10-8-11(6-7-12(10)13(15)16)18-9-14(2,3)17(4)5/h6-8H,9H2,1-5H3,(H3,15,16). The highest BCUT2D eigenvalue weighted by atomic mass is 16.5. The van der Waals surface area contributed by atoms with Crippen molar-refractivity contribution in [2.75, 3.05) is 20.7 Å². The molecule has 0 aliphatic heterocycles. The fourth-order valence-electron chi connectivity index (χ4n) is 1.42. The highest BCUT2D eigenvalue weighted by Gasteiger charge is 2.21. The van der Waals surface area contributed by atoms with E-state index in [9.17, 15) is 0 Å². The summed E-state index contributed by atoms with van der Waals surface area (Å²) < 4.78 is 5.79. The van der Waals surface area contributed by atoms with Crippen LogP contribution in [-0.4, -0.2) is 37.0 Å².